The molecule has 0 aliphatic carbocycles. The predicted octanol–water partition coefficient (Wildman–Crippen LogP) is 3.13. The van der Waals surface area contributed by atoms with Gasteiger partial charge in [0, 0.05) is 12.6 Å². The molecular weight excluding hydrogens is 436 g/mol. The van der Waals surface area contributed by atoms with Crippen LogP contribution in [0.3, 0.4) is 0 Å². The Balaban J connectivity index is 1.43. The largest absolute Gasteiger partial charge is 0.467 e. The lowest BCUT2D eigenvalue weighted by molar-refractivity contribution is 0.0631. The summed E-state index contributed by atoms with van der Waals surface area (Å²) in [5, 5.41) is 2.67. The molecule has 170 valence electrons. The number of aromatic nitrogens is 2. The summed E-state index contributed by atoms with van der Waals surface area (Å²) in [5.74, 6) is -1.04. The van der Waals surface area contributed by atoms with Crippen molar-refractivity contribution >= 4 is 23.4 Å². The summed E-state index contributed by atoms with van der Waals surface area (Å²) in [6.07, 6.45) is 1.47. The first-order valence-corrected chi connectivity index (χ1v) is 10.5. The maximum absolute atomic E-state index is 13.1. The third-order valence-electron chi connectivity index (χ3n) is 5.92. The zero-order valence-corrected chi connectivity index (χ0v) is 18.4. The van der Waals surface area contributed by atoms with Crippen LogP contribution in [0.1, 0.15) is 42.5 Å². The van der Waals surface area contributed by atoms with Crippen molar-refractivity contribution in [1.82, 2.24) is 14.3 Å². The molecule has 0 radical (unpaired) electrons. The number of furan rings is 1. The molecule has 3 amide bonds. The Labute approximate surface area is 193 Å². The summed E-state index contributed by atoms with van der Waals surface area (Å²) in [5.41, 5.74) is 1.51. The van der Waals surface area contributed by atoms with E-state index in [9.17, 15) is 19.2 Å². The lowest BCUT2D eigenvalue weighted by Gasteiger charge is -2.11. The van der Waals surface area contributed by atoms with Crippen LogP contribution in [0.15, 0.2) is 76.1 Å². The lowest BCUT2D eigenvalue weighted by atomic mass is 10.1. The van der Waals surface area contributed by atoms with Crippen molar-refractivity contribution in [3.8, 4) is 5.69 Å². The van der Waals surface area contributed by atoms with Crippen molar-refractivity contribution in [2.75, 3.05) is 5.32 Å². The van der Waals surface area contributed by atoms with Gasteiger partial charge in [0.05, 0.1) is 35.3 Å². The highest BCUT2D eigenvalue weighted by atomic mass is 16.3. The van der Waals surface area contributed by atoms with Crippen LogP contribution >= 0.6 is 0 Å². The van der Waals surface area contributed by atoms with Gasteiger partial charge in [0.15, 0.2) is 0 Å². The number of nitrogens with zero attached hydrogens (tertiary/aromatic N) is 3. The van der Waals surface area contributed by atoms with Crippen LogP contribution in [-0.2, 0) is 13.6 Å². The second kappa shape index (κ2) is 8.04. The standard InChI is InChI=1S/C25H20N4O5/c1-15-21(25(33)29(27(15)2)17-7-4-3-5-8-17)26-22(30)16-10-11-19-20(13-16)24(32)28(23(19)31)14-18-9-6-12-34-18/h3-13H,14H2,1-2H3,(H,26,30). The summed E-state index contributed by atoms with van der Waals surface area (Å²) in [6, 6.07) is 16.7. The second-order valence-corrected chi connectivity index (χ2v) is 7.93. The number of nitrogens with one attached hydrogen (secondary N) is 1. The first kappa shape index (κ1) is 21.2. The fourth-order valence-electron chi connectivity index (χ4n) is 4.03. The molecule has 34 heavy (non-hydrogen) atoms. The smallest absolute Gasteiger partial charge is 0.295 e. The number of imide groups is 1. The van der Waals surface area contributed by atoms with E-state index in [2.05, 4.69) is 5.32 Å². The molecule has 1 aliphatic heterocycles. The van der Waals surface area contributed by atoms with E-state index >= 15 is 0 Å². The molecule has 1 N–H and O–H groups in total. The number of anilines is 1. The Morgan fingerprint density at radius 1 is 0.941 bits per heavy atom. The quantitative estimate of drug-likeness (QED) is 0.465. The third-order valence-corrected chi connectivity index (χ3v) is 5.92. The topological polar surface area (TPSA) is 107 Å². The summed E-state index contributed by atoms with van der Waals surface area (Å²) < 4.78 is 8.36. The first-order chi connectivity index (χ1) is 16.4. The number of amides is 3. The molecule has 9 heteroatoms. The van der Waals surface area contributed by atoms with Gasteiger partial charge < -0.3 is 9.73 Å². The minimum atomic E-state index is -0.557. The molecule has 5 rings (SSSR count). The Morgan fingerprint density at radius 3 is 2.38 bits per heavy atom. The van der Waals surface area contributed by atoms with Crippen LogP contribution in [0.2, 0.25) is 0 Å². The van der Waals surface area contributed by atoms with Crippen molar-refractivity contribution in [2.45, 2.75) is 13.5 Å². The van der Waals surface area contributed by atoms with E-state index in [4.69, 9.17) is 4.42 Å². The van der Waals surface area contributed by atoms with Crippen LogP contribution in [0.5, 0.6) is 0 Å². The fourth-order valence-corrected chi connectivity index (χ4v) is 4.03. The van der Waals surface area contributed by atoms with Gasteiger partial charge in [-0.25, -0.2) is 4.68 Å². The molecule has 1 aliphatic rings. The summed E-state index contributed by atoms with van der Waals surface area (Å²) in [7, 11) is 1.73. The lowest BCUT2D eigenvalue weighted by Crippen LogP contribution is -2.28. The van der Waals surface area contributed by atoms with Crippen LogP contribution in [0.25, 0.3) is 5.69 Å². The number of hydrogen-bond donors (Lipinski definition) is 1. The molecule has 0 bridgehead atoms. The average molecular weight is 456 g/mol. The minimum absolute atomic E-state index is 0.00309. The molecule has 2 aromatic heterocycles. The molecule has 4 aromatic rings. The van der Waals surface area contributed by atoms with Crippen molar-refractivity contribution in [3.63, 3.8) is 0 Å². The van der Waals surface area contributed by atoms with Crippen LogP contribution < -0.4 is 10.9 Å². The molecule has 0 unspecified atom stereocenters. The third kappa shape index (κ3) is 3.34. The van der Waals surface area contributed by atoms with Crippen molar-refractivity contribution in [3.05, 3.63) is 105 Å². The molecule has 0 saturated heterocycles. The number of hydrogen-bond acceptors (Lipinski definition) is 5. The highest BCUT2D eigenvalue weighted by Gasteiger charge is 2.36. The van der Waals surface area contributed by atoms with E-state index < -0.39 is 17.7 Å². The van der Waals surface area contributed by atoms with E-state index in [0.29, 0.717) is 17.1 Å². The minimum Gasteiger partial charge on any atom is -0.467 e. The highest BCUT2D eigenvalue weighted by Crippen LogP contribution is 2.26. The SMILES string of the molecule is Cc1c(NC(=O)c2ccc3c(c2)C(=O)N(Cc2ccco2)C3=O)c(=O)n(-c2ccccc2)n1C. The van der Waals surface area contributed by atoms with Crippen molar-refractivity contribution in [2.24, 2.45) is 7.05 Å². The molecule has 2 aromatic carbocycles. The summed E-state index contributed by atoms with van der Waals surface area (Å²) in [4.78, 5) is 52.7. The molecule has 0 spiro atoms. The van der Waals surface area contributed by atoms with E-state index in [0.717, 1.165) is 4.90 Å². The first-order valence-electron chi connectivity index (χ1n) is 10.5. The maximum atomic E-state index is 13.1. The molecular formula is C25H20N4O5. The normalized spacial score (nSPS) is 12.8. The maximum Gasteiger partial charge on any atom is 0.295 e. The van der Waals surface area contributed by atoms with E-state index in [1.165, 1.54) is 29.1 Å². The van der Waals surface area contributed by atoms with Gasteiger partial charge in [-0.2, -0.15) is 0 Å². The monoisotopic (exact) mass is 456 g/mol. The molecule has 0 atom stereocenters. The van der Waals surface area contributed by atoms with Gasteiger partial charge in [0.25, 0.3) is 23.3 Å². The van der Waals surface area contributed by atoms with Crippen LogP contribution in [0.4, 0.5) is 5.69 Å². The highest BCUT2D eigenvalue weighted by molar-refractivity contribution is 6.22. The average Bonchev–Trinajstić information content (AvgIpc) is 3.50. The predicted molar refractivity (Wildman–Crippen MR) is 123 cm³/mol. The zero-order valence-electron chi connectivity index (χ0n) is 18.4. The zero-order chi connectivity index (χ0) is 24.0. The number of carbonyl (C=O) groups excluding carboxylic acids is 3. The van der Waals surface area contributed by atoms with Crippen molar-refractivity contribution in [1.29, 1.82) is 0 Å². The summed E-state index contributed by atoms with van der Waals surface area (Å²) in [6.45, 7) is 1.73. The van der Waals surface area contributed by atoms with Gasteiger partial charge in [-0.15, -0.1) is 0 Å². The molecule has 0 saturated carbocycles. The fraction of sp³-hybridized carbons (Fsp3) is 0.120. The number of para-hydroxylation sites is 1. The Bertz CT molecular complexity index is 1500. The van der Waals surface area contributed by atoms with E-state index in [-0.39, 0.29) is 34.5 Å². The second-order valence-electron chi connectivity index (χ2n) is 7.93. The van der Waals surface area contributed by atoms with Gasteiger partial charge in [0.2, 0.25) is 0 Å². The Morgan fingerprint density at radius 2 is 1.68 bits per heavy atom. The summed E-state index contributed by atoms with van der Waals surface area (Å²) >= 11 is 0. The number of carbonyl (C=O) groups is 3. The molecule has 0 fully saturated rings. The number of fused-ring (bicyclic) bond motifs is 1. The van der Waals surface area contributed by atoms with Crippen molar-refractivity contribution < 1.29 is 18.8 Å². The van der Waals surface area contributed by atoms with Crippen LogP contribution in [-0.4, -0.2) is 32.0 Å². The molecule has 3 heterocycles. The van der Waals surface area contributed by atoms with Gasteiger partial charge in [-0.1, -0.05) is 18.2 Å². The van der Waals surface area contributed by atoms with Gasteiger partial charge in [-0.05, 0) is 49.4 Å². The van der Waals surface area contributed by atoms with Gasteiger partial charge in [-0.3, -0.25) is 28.8 Å². The van der Waals surface area contributed by atoms with Crippen LogP contribution in [0, 0.1) is 6.92 Å². The number of rotatable bonds is 5. The Kier molecular flexibility index (Phi) is 5.01. The Hall–Kier alpha value is -4.66. The number of benzene rings is 2. The van der Waals surface area contributed by atoms with Gasteiger partial charge in [0.1, 0.15) is 11.4 Å². The van der Waals surface area contributed by atoms with E-state index in [1.807, 2.05) is 18.2 Å². The van der Waals surface area contributed by atoms with E-state index in [1.54, 1.807) is 42.9 Å². The van der Waals surface area contributed by atoms with Gasteiger partial charge >= 0.3 is 0 Å². The molecule has 9 nitrogen and oxygen atoms in total.